The number of ether oxygens (including phenoxy) is 2. The van der Waals surface area contributed by atoms with E-state index in [2.05, 4.69) is 0 Å². The van der Waals surface area contributed by atoms with Gasteiger partial charge in [-0.2, -0.15) is 0 Å². The number of amides is 1. The summed E-state index contributed by atoms with van der Waals surface area (Å²) in [4.78, 5) is 26.2. The number of halogens is 1. The molecule has 28 heavy (non-hydrogen) atoms. The Balaban J connectivity index is 1.80. The number of hydrogen-bond donors (Lipinski definition) is 0. The van der Waals surface area contributed by atoms with Gasteiger partial charge in [-0.3, -0.25) is 9.59 Å². The summed E-state index contributed by atoms with van der Waals surface area (Å²) in [6.45, 7) is 0.135. The first-order valence-electron chi connectivity index (χ1n) is 8.63. The molecule has 1 amide bonds. The van der Waals surface area contributed by atoms with Crippen molar-refractivity contribution >= 4 is 34.4 Å². The lowest BCUT2D eigenvalue weighted by atomic mass is 10.1. The minimum absolute atomic E-state index is 0.101. The van der Waals surface area contributed by atoms with Crippen molar-refractivity contribution in [3.8, 4) is 5.75 Å². The monoisotopic (exact) mass is 401 g/mol. The molecule has 0 aliphatic carbocycles. The first-order valence-corrected chi connectivity index (χ1v) is 9.01. The van der Waals surface area contributed by atoms with Crippen LogP contribution in [0.5, 0.6) is 5.75 Å². The predicted octanol–water partition coefficient (Wildman–Crippen LogP) is 3.84. The maximum atomic E-state index is 12.9. The van der Waals surface area contributed by atoms with Gasteiger partial charge in [0.2, 0.25) is 5.91 Å². The van der Waals surface area contributed by atoms with Crippen molar-refractivity contribution in [3.05, 3.63) is 64.9 Å². The third-order valence-corrected chi connectivity index (χ3v) is 4.64. The second kappa shape index (κ2) is 8.80. The molecule has 0 bridgehead atoms. The standard InChI is InChI=1S/C21H20ClNO5/c1-26-17-7-8-18-15(13-28-19(18)10-17)9-20(24)23(12-21(25)27-2)11-14-3-5-16(22)6-4-14/h3-8,10,13H,9,11-12H2,1-2H3. The number of furan rings is 1. The van der Waals surface area contributed by atoms with Crippen LogP contribution in [-0.4, -0.2) is 37.5 Å². The number of carbonyl (C=O) groups excluding carboxylic acids is 2. The zero-order valence-corrected chi connectivity index (χ0v) is 16.4. The van der Waals surface area contributed by atoms with E-state index in [1.807, 2.05) is 24.3 Å². The maximum Gasteiger partial charge on any atom is 0.325 e. The Morgan fingerprint density at radius 2 is 1.86 bits per heavy atom. The number of methoxy groups -OCH3 is 2. The Hall–Kier alpha value is -2.99. The topological polar surface area (TPSA) is 69.0 Å². The molecule has 3 aromatic rings. The van der Waals surface area contributed by atoms with E-state index in [9.17, 15) is 9.59 Å². The molecule has 1 heterocycles. The van der Waals surface area contributed by atoms with Crippen LogP contribution in [0.3, 0.4) is 0 Å². The fourth-order valence-electron chi connectivity index (χ4n) is 2.86. The molecule has 0 spiro atoms. The molecule has 6 nitrogen and oxygen atoms in total. The number of esters is 1. The lowest BCUT2D eigenvalue weighted by Gasteiger charge is -2.21. The van der Waals surface area contributed by atoms with Crippen LogP contribution in [0, 0.1) is 0 Å². The minimum Gasteiger partial charge on any atom is -0.497 e. The second-order valence-electron chi connectivity index (χ2n) is 6.25. The van der Waals surface area contributed by atoms with Crippen molar-refractivity contribution in [1.29, 1.82) is 0 Å². The van der Waals surface area contributed by atoms with Crippen molar-refractivity contribution in [1.82, 2.24) is 4.90 Å². The third-order valence-electron chi connectivity index (χ3n) is 4.39. The van der Waals surface area contributed by atoms with Crippen molar-refractivity contribution in [2.24, 2.45) is 0 Å². The molecule has 146 valence electrons. The molecule has 0 N–H and O–H groups in total. The van der Waals surface area contributed by atoms with Crippen LogP contribution in [0.25, 0.3) is 11.0 Å². The van der Waals surface area contributed by atoms with Gasteiger partial charge in [0.25, 0.3) is 0 Å². The Morgan fingerprint density at radius 3 is 2.54 bits per heavy atom. The average Bonchev–Trinajstić information content (AvgIpc) is 3.10. The Bertz CT molecular complexity index is 980. The fraction of sp³-hybridized carbons (Fsp3) is 0.238. The van der Waals surface area contributed by atoms with Crippen molar-refractivity contribution in [2.45, 2.75) is 13.0 Å². The van der Waals surface area contributed by atoms with Crippen molar-refractivity contribution in [2.75, 3.05) is 20.8 Å². The molecule has 0 atom stereocenters. The molecule has 0 aliphatic heterocycles. The van der Waals surface area contributed by atoms with E-state index in [1.165, 1.54) is 12.0 Å². The van der Waals surface area contributed by atoms with E-state index in [4.69, 9.17) is 25.5 Å². The van der Waals surface area contributed by atoms with E-state index in [0.717, 1.165) is 16.5 Å². The molecule has 0 saturated carbocycles. The summed E-state index contributed by atoms with van der Waals surface area (Å²) in [5.41, 5.74) is 2.25. The lowest BCUT2D eigenvalue weighted by molar-refractivity contribution is -0.147. The van der Waals surface area contributed by atoms with Crippen molar-refractivity contribution in [3.63, 3.8) is 0 Å². The summed E-state index contributed by atoms with van der Waals surface area (Å²) in [6, 6.07) is 12.6. The Labute approximate surface area is 167 Å². The lowest BCUT2D eigenvalue weighted by Crippen LogP contribution is -2.36. The van der Waals surface area contributed by atoms with Gasteiger partial charge in [0.1, 0.15) is 17.9 Å². The van der Waals surface area contributed by atoms with E-state index < -0.39 is 5.97 Å². The Kier molecular flexibility index (Phi) is 6.21. The number of benzene rings is 2. The van der Waals surface area contributed by atoms with Crippen molar-refractivity contribution < 1.29 is 23.5 Å². The zero-order chi connectivity index (χ0) is 20.1. The highest BCUT2D eigenvalue weighted by molar-refractivity contribution is 6.30. The van der Waals surface area contributed by atoms with Gasteiger partial charge in [-0.25, -0.2) is 0 Å². The smallest absolute Gasteiger partial charge is 0.325 e. The summed E-state index contributed by atoms with van der Waals surface area (Å²) in [7, 11) is 2.88. The normalized spacial score (nSPS) is 10.7. The van der Waals surface area contributed by atoms with Gasteiger partial charge < -0.3 is 18.8 Å². The molecule has 0 radical (unpaired) electrons. The molecule has 1 aromatic heterocycles. The maximum absolute atomic E-state index is 12.9. The van der Waals surface area contributed by atoms with E-state index in [0.29, 0.717) is 16.4 Å². The van der Waals surface area contributed by atoms with Crippen LogP contribution in [0.15, 0.2) is 53.1 Å². The van der Waals surface area contributed by atoms with E-state index >= 15 is 0 Å². The number of nitrogens with zero attached hydrogens (tertiary/aromatic N) is 1. The largest absolute Gasteiger partial charge is 0.497 e. The Morgan fingerprint density at radius 1 is 1.11 bits per heavy atom. The van der Waals surface area contributed by atoms with E-state index in [-0.39, 0.29) is 25.4 Å². The van der Waals surface area contributed by atoms with Gasteiger partial charge in [0.05, 0.1) is 26.9 Å². The highest BCUT2D eigenvalue weighted by Crippen LogP contribution is 2.26. The molecule has 0 unspecified atom stereocenters. The summed E-state index contributed by atoms with van der Waals surface area (Å²) in [6.07, 6.45) is 1.66. The number of fused-ring (bicyclic) bond motifs is 1. The van der Waals surface area contributed by atoms with Crippen LogP contribution < -0.4 is 4.74 Å². The first kappa shape index (κ1) is 19.8. The number of rotatable bonds is 7. The van der Waals surface area contributed by atoms with Gasteiger partial charge in [-0.05, 0) is 29.8 Å². The zero-order valence-electron chi connectivity index (χ0n) is 15.6. The first-order chi connectivity index (χ1) is 13.5. The third kappa shape index (κ3) is 4.64. The predicted molar refractivity (Wildman–Crippen MR) is 105 cm³/mol. The van der Waals surface area contributed by atoms with Crippen LogP contribution in [-0.2, 0) is 27.3 Å². The summed E-state index contributed by atoms with van der Waals surface area (Å²) in [5.74, 6) is -0.0160. The van der Waals surface area contributed by atoms with Gasteiger partial charge in [-0.1, -0.05) is 23.7 Å². The van der Waals surface area contributed by atoms with Crippen LogP contribution in [0.1, 0.15) is 11.1 Å². The molecule has 3 rings (SSSR count). The molecule has 2 aromatic carbocycles. The van der Waals surface area contributed by atoms with Gasteiger partial charge in [-0.15, -0.1) is 0 Å². The molecule has 0 saturated heterocycles. The summed E-state index contributed by atoms with van der Waals surface area (Å²) in [5, 5.41) is 1.44. The SMILES string of the molecule is COC(=O)CN(Cc1ccc(Cl)cc1)C(=O)Cc1coc2cc(OC)ccc12. The molecule has 7 heteroatoms. The highest BCUT2D eigenvalue weighted by Gasteiger charge is 2.20. The summed E-state index contributed by atoms with van der Waals surface area (Å²) >= 11 is 5.92. The molecular weight excluding hydrogens is 382 g/mol. The fourth-order valence-corrected chi connectivity index (χ4v) is 2.99. The molecular formula is C21H20ClNO5. The van der Waals surface area contributed by atoms with Crippen LogP contribution >= 0.6 is 11.6 Å². The second-order valence-corrected chi connectivity index (χ2v) is 6.69. The average molecular weight is 402 g/mol. The summed E-state index contributed by atoms with van der Waals surface area (Å²) < 4.78 is 15.5. The molecule has 0 fully saturated rings. The van der Waals surface area contributed by atoms with E-state index in [1.54, 1.807) is 31.6 Å². The van der Waals surface area contributed by atoms with Crippen LogP contribution in [0.2, 0.25) is 5.02 Å². The number of hydrogen-bond acceptors (Lipinski definition) is 5. The highest BCUT2D eigenvalue weighted by atomic mass is 35.5. The molecule has 0 aliphatic rings. The minimum atomic E-state index is -0.482. The van der Waals surface area contributed by atoms with Gasteiger partial charge in [0, 0.05) is 28.6 Å². The van der Waals surface area contributed by atoms with Crippen LogP contribution in [0.4, 0.5) is 0 Å². The number of carbonyl (C=O) groups is 2. The van der Waals surface area contributed by atoms with Gasteiger partial charge in [0.15, 0.2) is 0 Å². The quantitative estimate of drug-likeness (QED) is 0.562. The van der Waals surface area contributed by atoms with Gasteiger partial charge >= 0.3 is 5.97 Å².